The lowest BCUT2D eigenvalue weighted by Crippen LogP contribution is -2.46. The smallest absolute Gasteiger partial charge is 0.312 e. The summed E-state index contributed by atoms with van der Waals surface area (Å²) in [5.74, 6) is 0.0206. The molecule has 0 bridgehead atoms. The summed E-state index contributed by atoms with van der Waals surface area (Å²) in [6, 6.07) is 0. The second kappa shape index (κ2) is 8.81. The van der Waals surface area contributed by atoms with E-state index in [0.717, 1.165) is 38.7 Å². The number of carbonyl (C=O) groups is 1. The fourth-order valence-corrected chi connectivity index (χ4v) is 6.12. The Hall–Kier alpha value is -0.693. The average Bonchev–Trinajstić information content (AvgIpc) is 3.28. The molecule has 2 fully saturated rings. The fraction of sp³-hybridized carbons (Fsp3) is 0.870. The number of ether oxygens (including phenoxy) is 3. The number of carbonyl (C=O) groups excluding carboxylic acids is 1. The van der Waals surface area contributed by atoms with Gasteiger partial charge in [0.2, 0.25) is 0 Å². The van der Waals surface area contributed by atoms with Gasteiger partial charge in [-0.25, -0.2) is 0 Å². The van der Waals surface area contributed by atoms with Crippen LogP contribution in [0.25, 0.3) is 0 Å². The van der Waals surface area contributed by atoms with Crippen molar-refractivity contribution in [3.63, 3.8) is 0 Å². The van der Waals surface area contributed by atoms with Gasteiger partial charge in [0.15, 0.2) is 14.6 Å². The zero-order chi connectivity index (χ0) is 21.3. The molecule has 0 aromatic carbocycles. The molecule has 6 heteroatoms. The van der Waals surface area contributed by atoms with Gasteiger partial charge in [-0.2, -0.15) is 0 Å². The maximum absolute atomic E-state index is 12.7. The van der Waals surface area contributed by atoms with Crippen LogP contribution in [0.2, 0.25) is 18.1 Å². The van der Waals surface area contributed by atoms with E-state index in [9.17, 15) is 4.79 Å². The largest absolute Gasteiger partial charge is 0.466 e. The van der Waals surface area contributed by atoms with E-state index in [1.165, 1.54) is 12.0 Å². The van der Waals surface area contributed by atoms with Crippen molar-refractivity contribution in [2.75, 3.05) is 19.8 Å². The molecule has 0 aromatic rings. The standard InChI is InChI=1S/C23H40O5Si/c1-7-25-21(24)20-18-16-17(12-15-27-19-10-8-9-14-26-19)11-13-23(18,20)28-29(5,6)22(2,3)4/h11,18-20H,7-10,12-16H2,1-6H3/t18-,19?,20+,23+/m0/s1. The van der Waals surface area contributed by atoms with E-state index in [1.807, 2.05) is 6.92 Å². The van der Waals surface area contributed by atoms with Crippen LogP contribution in [0.5, 0.6) is 0 Å². The SMILES string of the molecule is CCOC(=O)[C@H]1[C@@H]2CC(CCOC3CCCCO3)=CC[C@@]21O[Si](C)(C)C(C)(C)C. The van der Waals surface area contributed by atoms with Crippen molar-refractivity contribution in [2.45, 2.75) is 96.2 Å². The molecule has 4 atom stereocenters. The predicted octanol–water partition coefficient (Wildman–Crippen LogP) is 5.21. The second-order valence-corrected chi connectivity index (χ2v) is 15.1. The summed E-state index contributed by atoms with van der Waals surface area (Å²) in [7, 11) is -1.98. The van der Waals surface area contributed by atoms with Crippen LogP contribution in [0.15, 0.2) is 11.6 Å². The van der Waals surface area contributed by atoms with Crippen LogP contribution in [0.4, 0.5) is 0 Å². The van der Waals surface area contributed by atoms with Crippen LogP contribution in [0.1, 0.15) is 66.2 Å². The third-order valence-corrected chi connectivity index (χ3v) is 11.8. The van der Waals surface area contributed by atoms with E-state index in [4.69, 9.17) is 18.6 Å². The molecule has 2 aliphatic carbocycles. The Morgan fingerprint density at radius 2 is 2.07 bits per heavy atom. The van der Waals surface area contributed by atoms with Crippen LogP contribution in [-0.2, 0) is 23.4 Å². The summed E-state index contributed by atoms with van der Waals surface area (Å²) >= 11 is 0. The summed E-state index contributed by atoms with van der Waals surface area (Å²) in [5.41, 5.74) is 1.03. The van der Waals surface area contributed by atoms with Gasteiger partial charge in [0.25, 0.3) is 0 Å². The quantitative estimate of drug-likeness (QED) is 0.304. The van der Waals surface area contributed by atoms with Gasteiger partial charge in [-0.05, 0) is 63.6 Å². The van der Waals surface area contributed by atoms with Crippen LogP contribution < -0.4 is 0 Å². The van der Waals surface area contributed by atoms with Gasteiger partial charge in [0.05, 0.1) is 24.7 Å². The molecule has 1 heterocycles. The first-order valence-corrected chi connectivity index (χ1v) is 14.3. The van der Waals surface area contributed by atoms with E-state index in [-0.39, 0.29) is 34.7 Å². The third kappa shape index (κ3) is 4.97. The fourth-order valence-electron chi connectivity index (χ4n) is 4.50. The molecule has 5 nitrogen and oxygen atoms in total. The minimum atomic E-state index is -1.98. The molecule has 0 radical (unpaired) electrons. The first-order valence-electron chi connectivity index (χ1n) is 11.4. The Balaban J connectivity index is 1.63. The lowest BCUT2D eigenvalue weighted by Gasteiger charge is -2.41. The van der Waals surface area contributed by atoms with E-state index in [0.29, 0.717) is 13.2 Å². The molecule has 0 aromatic heterocycles. The minimum Gasteiger partial charge on any atom is -0.466 e. The number of hydrogen-bond acceptors (Lipinski definition) is 5. The molecule has 3 aliphatic rings. The molecular formula is C23H40O5Si. The van der Waals surface area contributed by atoms with Crippen molar-refractivity contribution in [1.82, 2.24) is 0 Å². The number of rotatable bonds is 8. The molecule has 1 aliphatic heterocycles. The average molecular weight is 425 g/mol. The first kappa shape index (κ1) is 23.0. The van der Waals surface area contributed by atoms with Crippen molar-refractivity contribution in [3.8, 4) is 0 Å². The Bertz CT molecular complexity index is 617. The lowest BCUT2D eigenvalue weighted by molar-refractivity contribution is -0.161. The molecule has 1 saturated heterocycles. The minimum absolute atomic E-state index is 0.0397. The van der Waals surface area contributed by atoms with E-state index >= 15 is 0 Å². The molecular weight excluding hydrogens is 384 g/mol. The molecule has 166 valence electrons. The Labute approximate surface area is 177 Å². The van der Waals surface area contributed by atoms with Gasteiger partial charge >= 0.3 is 5.97 Å². The van der Waals surface area contributed by atoms with Crippen LogP contribution >= 0.6 is 0 Å². The topological polar surface area (TPSA) is 54.0 Å². The van der Waals surface area contributed by atoms with Gasteiger partial charge < -0.3 is 18.6 Å². The van der Waals surface area contributed by atoms with Gasteiger partial charge in [-0.15, -0.1) is 0 Å². The van der Waals surface area contributed by atoms with Crippen LogP contribution in [-0.4, -0.2) is 46.0 Å². The molecule has 0 amide bonds. The Morgan fingerprint density at radius 1 is 1.31 bits per heavy atom. The number of hydrogen-bond donors (Lipinski definition) is 0. The number of esters is 1. The summed E-state index contributed by atoms with van der Waals surface area (Å²) in [4.78, 5) is 12.7. The zero-order valence-electron chi connectivity index (χ0n) is 19.2. The van der Waals surface area contributed by atoms with E-state index in [1.54, 1.807) is 0 Å². The highest BCUT2D eigenvalue weighted by Crippen LogP contribution is 2.64. The van der Waals surface area contributed by atoms with Gasteiger partial charge in [-0.1, -0.05) is 32.4 Å². The normalized spacial score (nSPS) is 32.3. The van der Waals surface area contributed by atoms with Crippen molar-refractivity contribution in [1.29, 1.82) is 0 Å². The van der Waals surface area contributed by atoms with Gasteiger partial charge in [-0.3, -0.25) is 4.79 Å². The summed E-state index contributed by atoms with van der Waals surface area (Å²) in [6.45, 7) is 15.1. The van der Waals surface area contributed by atoms with Crippen molar-refractivity contribution < 1.29 is 23.4 Å². The van der Waals surface area contributed by atoms with Crippen LogP contribution in [0, 0.1) is 11.8 Å². The van der Waals surface area contributed by atoms with Gasteiger partial charge in [0, 0.05) is 12.5 Å². The zero-order valence-corrected chi connectivity index (χ0v) is 20.2. The molecule has 1 unspecified atom stereocenters. The first-order chi connectivity index (χ1) is 13.6. The monoisotopic (exact) mass is 424 g/mol. The maximum atomic E-state index is 12.7. The van der Waals surface area contributed by atoms with E-state index in [2.05, 4.69) is 39.9 Å². The Morgan fingerprint density at radius 3 is 2.69 bits per heavy atom. The van der Waals surface area contributed by atoms with Crippen molar-refractivity contribution >= 4 is 14.3 Å². The summed E-state index contributed by atoms with van der Waals surface area (Å²) < 4.78 is 23.9. The van der Waals surface area contributed by atoms with Gasteiger partial charge in [0.1, 0.15) is 0 Å². The van der Waals surface area contributed by atoms with Crippen molar-refractivity contribution in [3.05, 3.63) is 11.6 Å². The highest BCUT2D eigenvalue weighted by molar-refractivity contribution is 6.74. The molecule has 0 spiro atoms. The summed E-state index contributed by atoms with van der Waals surface area (Å²) in [6.07, 6.45) is 8.20. The molecule has 29 heavy (non-hydrogen) atoms. The predicted molar refractivity (Wildman–Crippen MR) is 116 cm³/mol. The van der Waals surface area contributed by atoms with Crippen LogP contribution in [0.3, 0.4) is 0 Å². The number of fused-ring (bicyclic) bond motifs is 1. The summed E-state index contributed by atoms with van der Waals surface area (Å²) in [5, 5.41) is 0.117. The highest BCUT2D eigenvalue weighted by atomic mass is 28.4. The maximum Gasteiger partial charge on any atom is 0.312 e. The third-order valence-electron chi connectivity index (χ3n) is 7.30. The van der Waals surface area contributed by atoms with E-state index < -0.39 is 8.32 Å². The highest BCUT2D eigenvalue weighted by Gasteiger charge is 2.71. The lowest BCUT2D eigenvalue weighted by atomic mass is 9.95. The Kier molecular flexibility index (Phi) is 6.98. The molecule has 0 N–H and O–H groups in total. The second-order valence-electron chi connectivity index (χ2n) is 10.3. The molecule has 3 rings (SSSR count). The van der Waals surface area contributed by atoms with Crippen molar-refractivity contribution in [2.24, 2.45) is 11.8 Å². The molecule has 1 saturated carbocycles.